The van der Waals surface area contributed by atoms with Gasteiger partial charge in [-0.1, -0.05) is 70.7 Å². The zero-order valence-corrected chi connectivity index (χ0v) is 36.0. The number of primary amides is 1. The van der Waals surface area contributed by atoms with Gasteiger partial charge >= 0.3 is 6.09 Å². The predicted molar refractivity (Wildman–Crippen MR) is 223 cm³/mol. The van der Waals surface area contributed by atoms with Gasteiger partial charge in [-0.2, -0.15) is 0 Å². The first kappa shape index (κ1) is 53.6. The Kier molecular flexibility index (Phi) is 26.8. The maximum absolute atomic E-state index is 13.1. The van der Waals surface area contributed by atoms with E-state index in [0.717, 1.165) is 30.2 Å². The van der Waals surface area contributed by atoms with Crippen molar-refractivity contribution in [2.24, 2.45) is 23.0 Å². The summed E-state index contributed by atoms with van der Waals surface area (Å²) in [5.41, 5.74) is 6.92. The van der Waals surface area contributed by atoms with E-state index < -0.39 is 12.0 Å². The zero-order chi connectivity index (χ0) is 44.3. The van der Waals surface area contributed by atoms with Crippen molar-refractivity contribution in [2.75, 3.05) is 26.9 Å². The number of carbonyl (C=O) groups excluding carboxylic acids is 5. The molecule has 4 aliphatic rings. The van der Waals surface area contributed by atoms with Crippen LogP contribution in [0.1, 0.15) is 130 Å². The average Bonchev–Trinajstić information content (AvgIpc) is 3.98. The molecule has 4 amide bonds. The number of unbranched alkanes of at least 4 members (excludes halogenated alkanes) is 4. The highest BCUT2D eigenvalue weighted by atomic mass is 19.1. The van der Waals surface area contributed by atoms with E-state index in [2.05, 4.69) is 48.3 Å². The van der Waals surface area contributed by atoms with Crippen LogP contribution < -0.4 is 16.4 Å². The maximum Gasteiger partial charge on any atom is 0.407 e. The number of hydrogen-bond acceptors (Lipinski definition) is 9. The molecular weight excluding hydrogens is 749 g/mol. The van der Waals surface area contributed by atoms with Crippen LogP contribution in [0.5, 0.6) is 0 Å². The number of benzene rings is 1. The SMILES string of the molecule is C=O.CC(C)(C)OC=O.CCCCC/C=C\C1CC1C(=O)NCO.CCCCC1(C)CC1.CNCC(=O)N1CCCC1C(N)=O.O=C(O)N1Cc2cccc(F)c2C1. The van der Waals surface area contributed by atoms with Gasteiger partial charge in [0.2, 0.25) is 17.7 Å². The number of fused-ring (bicyclic) bond motifs is 1. The molecule has 2 saturated carbocycles. The molecule has 2 aliphatic heterocycles. The van der Waals surface area contributed by atoms with Crippen molar-refractivity contribution in [3.05, 3.63) is 47.3 Å². The van der Waals surface area contributed by atoms with Crippen LogP contribution in [0.15, 0.2) is 30.4 Å². The van der Waals surface area contributed by atoms with Gasteiger partial charge < -0.3 is 41.0 Å². The van der Waals surface area contributed by atoms with Gasteiger partial charge in [-0.25, -0.2) is 9.18 Å². The number of rotatable bonds is 14. The van der Waals surface area contributed by atoms with Gasteiger partial charge in [0, 0.05) is 24.6 Å². The van der Waals surface area contributed by atoms with Gasteiger partial charge in [-0.15, -0.1) is 0 Å². The fourth-order valence-electron chi connectivity index (χ4n) is 6.06. The molecule has 15 heteroatoms. The van der Waals surface area contributed by atoms with Crippen molar-refractivity contribution >= 4 is 37.1 Å². The number of aliphatic hydroxyl groups excluding tert-OH is 1. The van der Waals surface area contributed by atoms with Gasteiger partial charge in [-0.3, -0.25) is 24.1 Å². The lowest BCUT2D eigenvalue weighted by Gasteiger charge is -2.21. The zero-order valence-electron chi connectivity index (χ0n) is 36.0. The molecule has 0 radical (unpaired) electrons. The molecule has 0 bridgehead atoms. The number of nitrogens with two attached hydrogens (primary N) is 1. The van der Waals surface area contributed by atoms with E-state index in [0.29, 0.717) is 37.5 Å². The first-order valence-corrected chi connectivity index (χ1v) is 20.4. The molecule has 2 heterocycles. The number of likely N-dealkylation sites (tertiary alicyclic amines) is 1. The molecule has 6 N–H and O–H groups in total. The first-order chi connectivity index (χ1) is 27.5. The molecule has 3 atom stereocenters. The number of amides is 4. The van der Waals surface area contributed by atoms with Crippen molar-refractivity contribution in [3.63, 3.8) is 0 Å². The van der Waals surface area contributed by atoms with Crippen LogP contribution >= 0.6 is 0 Å². The Morgan fingerprint density at radius 3 is 2.22 bits per heavy atom. The highest BCUT2D eigenvalue weighted by Gasteiger charge is 2.40. The van der Waals surface area contributed by atoms with Gasteiger partial charge in [-0.05, 0) is 102 Å². The summed E-state index contributed by atoms with van der Waals surface area (Å²) in [5, 5.41) is 22.4. The molecule has 3 unspecified atom stereocenters. The largest absolute Gasteiger partial charge is 0.465 e. The third kappa shape index (κ3) is 22.5. The number of aliphatic hydroxyl groups is 1. The minimum absolute atomic E-state index is 0.0132. The second-order valence-corrected chi connectivity index (χ2v) is 16.1. The van der Waals surface area contributed by atoms with Crippen molar-refractivity contribution < 1.29 is 48.1 Å². The second-order valence-electron chi connectivity index (χ2n) is 16.1. The van der Waals surface area contributed by atoms with Crippen LogP contribution in [0, 0.1) is 23.1 Å². The number of hydrogen-bond donors (Lipinski definition) is 5. The lowest BCUT2D eigenvalue weighted by molar-refractivity contribution is -0.138. The number of ether oxygens (including phenoxy) is 1. The van der Waals surface area contributed by atoms with E-state index in [-0.39, 0.29) is 55.0 Å². The quantitative estimate of drug-likeness (QED) is 0.0633. The molecule has 2 aliphatic carbocycles. The Hall–Kier alpha value is -4.37. The lowest BCUT2D eigenvalue weighted by Crippen LogP contribution is -2.46. The maximum atomic E-state index is 13.1. The Labute approximate surface area is 345 Å². The summed E-state index contributed by atoms with van der Waals surface area (Å²) in [4.78, 5) is 64.5. The monoisotopic (exact) mass is 822 g/mol. The Bertz CT molecular complexity index is 1420. The van der Waals surface area contributed by atoms with Crippen molar-refractivity contribution in [1.82, 2.24) is 20.4 Å². The summed E-state index contributed by atoms with van der Waals surface area (Å²) < 4.78 is 17.7. The Morgan fingerprint density at radius 2 is 1.74 bits per heavy atom. The standard InChI is InChI=1S/C12H21NO2.C9H8FNO2.C8H15N3O2.C8H16.C5H10O2.CH2O/c1-2-3-4-5-6-7-10-8-11(10)12(15)13-9-14;10-8-3-1-2-6-4-11(9(12)13)5-7(6)8;1-10-5-7(12)11-4-2-3-6(11)8(9)13;1-3-4-5-8(2)6-7-8;1-5(2,3)7-4-6;1-2/h6-7,10-11,14H,2-5,8-9H2,1H3,(H,13,15);1-3H,4-5H2,(H,12,13);6,10H,2-5H2,1H3,(H2,9,13);3-7H2,1-2H3;4H,1-3H3;1H2/b7-6-;;;;;. The minimum atomic E-state index is -1.00. The molecule has 14 nitrogen and oxygen atoms in total. The molecule has 0 aromatic heterocycles. The first-order valence-electron chi connectivity index (χ1n) is 20.4. The molecule has 330 valence electrons. The van der Waals surface area contributed by atoms with Crippen LogP contribution in [0.25, 0.3) is 0 Å². The normalized spacial score (nSPS) is 19.0. The van der Waals surface area contributed by atoms with Crippen LogP contribution in [0.2, 0.25) is 0 Å². The van der Waals surface area contributed by atoms with Crippen LogP contribution in [-0.2, 0) is 41.8 Å². The number of likely N-dealkylation sites (N-methyl/N-ethyl adjacent to an activating group) is 1. The summed E-state index contributed by atoms with van der Waals surface area (Å²) in [6, 6.07) is 4.31. The van der Waals surface area contributed by atoms with Crippen molar-refractivity contribution in [2.45, 2.75) is 143 Å². The van der Waals surface area contributed by atoms with E-state index in [1.165, 1.54) is 62.3 Å². The van der Waals surface area contributed by atoms with E-state index in [4.69, 9.17) is 20.7 Å². The van der Waals surface area contributed by atoms with E-state index >= 15 is 0 Å². The van der Waals surface area contributed by atoms with Crippen LogP contribution in [-0.4, -0.2) is 95.6 Å². The molecule has 1 saturated heterocycles. The number of nitrogens with zero attached hydrogens (tertiary/aromatic N) is 2. The minimum Gasteiger partial charge on any atom is -0.465 e. The molecule has 58 heavy (non-hydrogen) atoms. The second kappa shape index (κ2) is 28.9. The molecule has 5 rings (SSSR count). The summed E-state index contributed by atoms with van der Waals surface area (Å²) in [6.45, 7) is 15.9. The molecule has 1 aromatic carbocycles. The summed E-state index contributed by atoms with van der Waals surface area (Å²) in [7, 11) is 1.70. The lowest BCUT2D eigenvalue weighted by atomic mass is 10.0. The molecule has 3 fully saturated rings. The fourth-order valence-corrected chi connectivity index (χ4v) is 6.06. The van der Waals surface area contributed by atoms with Crippen molar-refractivity contribution in [3.8, 4) is 0 Å². The highest BCUT2D eigenvalue weighted by molar-refractivity contribution is 5.88. The van der Waals surface area contributed by atoms with Crippen molar-refractivity contribution in [1.29, 1.82) is 0 Å². The fraction of sp³-hybridized carbons (Fsp3) is 0.674. The molecule has 0 spiro atoms. The number of nitrogens with one attached hydrogen (secondary N) is 2. The number of halogens is 1. The van der Waals surface area contributed by atoms with E-state index in [9.17, 15) is 28.4 Å². The number of allylic oxidation sites excluding steroid dienone is 2. The summed E-state index contributed by atoms with van der Waals surface area (Å²) in [5.74, 6) is -0.259. The summed E-state index contributed by atoms with van der Waals surface area (Å²) >= 11 is 0. The number of carboxylic acid groups (broad SMARTS) is 1. The number of carbonyl (C=O) groups is 6. The third-order valence-electron chi connectivity index (χ3n) is 9.85. The highest BCUT2D eigenvalue weighted by Crippen LogP contribution is 2.49. The van der Waals surface area contributed by atoms with Gasteiger partial charge in [0.15, 0.2) is 0 Å². The van der Waals surface area contributed by atoms with Crippen LogP contribution in [0.4, 0.5) is 9.18 Å². The molecule has 1 aromatic rings. The Balaban J connectivity index is 0.000000709. The average molecular weight is 822 g/mol. The Morgan fingerprint density at radius 1 is 1.09 bits per heavy atom. The van der Waals surface area contributed by atoms with E-state index in [1.807, 2.05) is 27.6 Å². The topological polar surface area (TPSA) is 209 Å². The van der Waals surface area contributed by atoms with Gasteiger partial charge in [0.1, 0.15) is 31.0 Å². The third-order valence-corrected chi connectivity index (χ3v) is 9.85. The van der Waals surface area contributed by atoms with Gasteiger partial charge in [0.05, 0.1) is 13.1 Å². The summed E-state index contributed by atoms with van der Waals surface area (Å²) in [6.07, 6.45) is 18.0. The molecular formula is C43H72FN5O9. The van der Waals surface area contributed by atoms with Gasteiger partial charge in [0.25, 0.3) is 6.47 Å². The van der Waals surface area contributed by atoms with Crippen LogP contribution in [0.3, 0.4) is 0 Å². The van der Waals surface area contributed by atoms with E-state index in [1.54, 1.807) is 24.1 Å². The smallest absolute Gasteiger partial charge is 0.407 e. The predicted octanol–water partition coefficient (Wildman–Crippen LogP) is 6.08.